The zero-order valence-electron chi connectivity index (χ0n) is 21.7. The van der Waals surface area contributed by atoms with Gasteiger partial charge >= 0.3 is 0 Å². The van der Waals surface area contributed by atoms with Gasteiger partial charge in [0, 0.05) is 52.7 Å². The highest BCUT2D eigenvalue weighted by molar-refractivity contribution is 6.08. The van der Waals surface area contributed by atoms with Crippen molar-refractivity contribution in [2.45, 2.75) is 46.0 Å². The first kappa shape index (κ1) is 22.0. The lowest BCUT2D eigenvalue weighted by atomic mass is 9.73. The molecule has 2 heteroatoms. The van der Waals surface area contributed by atoms with Crippen LogP contribution in [0.5, 0.6) is 0 Å². The molecule has 0 saturated carbocycles. The predicted molar refractivity (Wildman–Crippen MR) is 150 cm³/mol. The van der Waals surface area contributed by atoms with E-state index in [4.69, 9.17) is 0 Å². The number of aromatic nitrogens is 1. The van der Waals surface area contributed by atoms with E-state index in [9.17, 15) is 0 Å². The molecule has 176 valence electrons. The van der Waals surface area contributed by atoms with Crippen molar-refractivity contribution in [3.05, 3.63) is 106 Å². The molecule has 0 spiro atoms. The lowest BCUT2D eigenvalue weighted by Crippen LogP contribution is -2.31. The summed E-state index contributed by atoms with van der Waals surface area (Å²) in [5.74, 6) is 0. The van der Waals surface area contributed by atoms with E-state index < -0.39 is 0 Å². The molecule has 0 N–H and O–H groups in total. The lowest BCUT2D eigenvalue weighted by Gasteiger charge is -2.41. The molecule has 1 aliphatic rings. The van der Waals surface area contributed by atoms with E-state index in [-0.39, 0.29) is 5.41 Å². The number of fused-ring (bicyclic) bond motifs is 5. The highest BCUT2D eigenvalue weighted by atomic mass is 15.1. The topological polar surface area (TPSA) is 8.17 Å². The van der Waals surface area contributed by atoms with Crippen LogP contribution in [0.3, 0.4) is 0 Å². The Bertz CT molecular complexity index is 1620. The third kappa shape index (κ3) is 3.38. The molecule has 0 bridgehead atoms. The van der Waals surface area contributed by atoms with Crippen molar-refractivity contribution in [2.24, 2.45) is 7.05 Å². The maximum Gasteiger partial charge on any atom is 0.0488 e. The van der Waals surface area contributed by atoms with Crippen molar-refractivity contribution in [2.75, 3.05) is 11.9 Å². The van der Waals surface area contributed by atoms with Crippen LogP contribution >= 0.6 is 0 Å². The average Bonchev–Trinajstić information content (AvgIpc) is 3.12. The third-order valence-electron chi connectivity index (χ3n) is 8.21. The van der Waals surface area contributed by atoms with Crippen LogP contribution in [0.1, 0.15) is 47.2 Å². The SMILES string of the molecule is Cc1ccc2c(c1)C(C)(C)c1cc(CCc3ccc4c(c3)c3cc(C)ccc3n4C)ccc1N2C. The molecule has 0 radical (unpaired) electrons. The lowest BCUT2D eigenvalue weighted by molar-refractivity contribution is 0.627. The molecular formula is C33H34N2. The summed E-state index contributed by atoms with van der Waals surface area (Å²) in [6, 6.07) is 27.7. The first-order chi connectivity index (χ1) is 16.7. The van der Waals surface area contributed by atoms with Crippen molar-refractivity contribution in [1.82, 2.24) is 4.57 Å². The number of nitrogens with zero attached hydrogens (tertiary/aromatic N) is 2. The van der Waals surface area contributed by atoms with Crippen LogP contribution in [-0.2, 0) is 25.3 Å². The summed E-state index contributed by atoms with van der Waals surface area (Å²) in [5, 5.41) is 2.72. The zero-order valence-corrected chi connectivity index (χ0v) is 21.7. The van der Waals surface area contributed by atoms with Gasteiger partial charge in [-0.1, -0.05) is 61.4 Å². The monoisotopic (exact) mass is 458 g/mol. The molecular weight excluding hydrogens is 424 g/mol. The molecule has 0 saturated heterocycles. The number of anilines is 2. The van der Waals surface area contributed by atoms with E-state index in [0.717, 1.165) is 12.8 Å². The second-order valence-corrected chi connectivity index (χ2v) is 11.0. The number of aryl methyl sites for hydroxylation is 5. The number of hydrogen-bond acceptors (Lipinski definition) is 1. The van der Waals surface area contributed by atoms with Crippen LogP contribution in [0, 0.1) is 13.8 Å². The molecule has 0 atom stereocenters. The van der Waals surface area contributed by atoms with Crippen molar-refractivity contribution >= 4 is 33.2 Å². The first-order valence-corrected chi connectivity index (χ1v) is 12.7. The smallest absolute Gasteiger partial charge is 0.0488 e. The van der Waals surface area contributed by atoms with Gasteiger partial charge in [-0.2, -0.15) is 0 Å². The Balaban J connectivity index is 1.33. The van der Waals surface area contributed by atoms with Crippen LogP contribution < -0.4 is 4.90 Å². The number of benzene rings is 4. The van der Waals surface area contributed by atoms with E-state index in [1.165, 1.54) is 66.6 Å². The second kappa shape index (κ2) is 7.75. The highest BCUT2D eigenvalue weighted by Crippen LogP contribution is 2.48. The molecule has 0 amide bonds. The van der Waals surface area contributed by atoms with E-state index in [0.29, 0.717) is 0 Å². The quantitative estimate of drug-likeness (QED) is 0.265. The summed E-state index contributed by atoms with van der Waals surface area (Å²) in [7, 11) is 4.37. The van der Waals surface area contributed by atoms with Gasteiger partial charge < -0.3 is 9.47 Å². The molecule has 1 aromatic heterocycles. The fourth-order valence-corrected chi connectivity index (χ4v) is 6.07. The maximum absolute atomic E-state index is 2.46. The van der Waals surface area contributed by atoms with Crippen molar-refractivity contribution < 1.29 is 0 Å². The minimum Gasteiger partial charge on any atom is -0.344 e. The van der Waals surface area contributed by atoms with Gasteiger partial charge in [0.05, 0.1) is 0 Å². The molecule has 0 aliphatic carbocycles. The molecule has 2 nitrogen and oxygen atoms in total. The van der Waals surface area contributed by atoms with Crippen LogP contribution in [0.2, 0.25) is 0 Å². The Labute approximate surface area is 208 Å². The Morgan fingerprint density at radius 2 is 1.11 bits per heavy atom. The number of hydrogen-bond donors (Lipinski definition) is 0. The molecule has 0 unspecified atom stereocenters. The fraction of sp³-hybridized carbons (Fsp3) is 0.273. The first-order valence-electron chi connectivity index (χ1n) is 12.7. The van der Waals surface area contributed by atoms with E-state index in [1.54, 1.807) is 0 Å². The normalized spacial score (nSPS) is 14.4. The molecule has 1 aliphatic heterocycles. The van der Waals surface area contributed by atoms with Gasteiger partial charge in [0.15, 0.2) is 0 Å². The van der Waals surface area contributed by atoms with Gasteiger partial charge in [-0.25, -0.2) is 0 Å². The molecule has 5 aromatic rings. The van der Waals surface area contributed by atoms with Gasteiger partial charge in [0.2, 0.25) is 0 Å². The Morgan fingerprint density at radius 1 is 0.600 bits per heavy atom. The van der Waals surface area contributed by atoms with E-state index >= 15 is 0 Å². The Hall–Kier alpha value is -3.52. The van der Waals surface area contributed by atoms with Gasteiger partial charge in [0.25, 0.3) is 0 Å². The average molecular weight is 459 g/mol. The minimum absolute atomic E-state index is 0.0149. The van der Waals surface area contributed by atoms with Crippen molar-refractivity contribution in [3.8, 4) is 0 Å². The standard InChI is InChI=1S/C33H34N2/c1-21-7-13-29-25(17-21)26-19-23(11-15-30(26)34(29)5)9-10-24-12-16-32-28(20-24)33(3,4)27-18-22(2)8-14-31(27)35(32)6/h7-8,11-20H,9-10H2,1-6H3. The van der Waals surface area contributed by atoms with Gasteiger partial charge in [0.1, 0.15) is 0 Å². The van der Waals surface area contributed by atoms with E-state index in [2.05, 4.69) is 124 Å². The Morgan fingerprint density at radius 3 is 1.86 bits per heavy atom. The number of rotatable bonds is 3. The second-order valence-electron chi connectivity index (χ2n) is 11.0. The zero-order chi connectivity index (χ0) is 24.5. The Kier molecular flexibility index (Phi) is 4.86. The fourth-order valence-electron chi connectivity index (χ4n) is 6.07. The molecule has 35 heavy (non-hydrogen) atoms. The van der Waals surface area contributed by atoms with Gasteiger partial charge in [-0.15, -0.1) is 0 Å². The minimum atomic E-state index is -0.0149. The van der Waals surface area contributed by atoms with Crippen LogP contribution in [0.25, 0.3) is 21.8 Å². The van der Waals surface area contributed by atoms with Crippen molar-refractivity contribution in [3.63, 3.8) is 0 Å². The van der Waals surface area contributed by atoms with Crippen molar-refractivity contribution in [1.29, 1.82) is 0 Å². The van der Waals surface area contributed by atoms with Crippen LogP contribution in [0.4, 0.5) is 11.4 Å². The molecule has 2 heterocycles. The van der Waals surface area contributed by atoms with Gasteiger partial charge in [-0.3, -0.25) is 0 Å². The van der Waals surface area contributed by atoms with Crippen LogP contribution in [-0.4, -0.2) is 11.6 Å². The summed E-state index contributed by atoms with van der Waals surface area (Å²) >= 11 is 0. The molecule has 4 aromatic carbocycles. The van der Waals surface area contributed by atoms with E-state index in [1.807, 2.05) is 0 Å². The van der Waals surface area contributed by atoms with Crippen LogP contribution in [0.15, 0.2) is 72.8 Å². The molecule has 6 rings (SSSR count). The summed E-state index contributed by atoms with van der Waals surface area (Å²) in [5.41, 5.74) is 13.5. The van der Waals surface area contributed by atoms with Gasteiger partial charge in [-0.05, 0) is 85.3 Å². The largest absolute Gasteiger partial charge is 0.344 e. The maximum atomic E-state index is 2.46. The highest BCUT2D eigenvalue weighted by Gasteiger charge is 2.35. The summed E-state index contributed by atoms with van der Waals surface area (Å²) < 4.78 is 2.31. The summed E-state index contributed by atoms with van der Waals surface area (Å²) in [6.45, 7) is 9.11. The third-order valence-corrected chi connectivity index (χ3v) is 8.21. The summed E-state index contributed by atoms with van der Waals surface area (Å²) in [4.78, 5) is 2.36. The summed E-state index contributed by atoms with van der Waals surface area (Å²) in [6.07, 6.45) is 2.09. The molecule has 0 fully saturated rings. The predicted octanol–water partition coefficient (Wildman–Crippen LogP) is 8.14.